The van der Waals surface area contributed by atoms with Gasteiger partial charge < -0.3 is 9.47 Å². The van der Waals surface area contributed by atoms with E-state index in [0.717, 1.165) is 11.8 Å². The van der Waals surface area contributed by atoms with Gasteiger partial charge in [0.15, 0.2) is 11.5 Å². The van der Waals surface area contributed by atoms with Gasteiger partial charge in [-0.2, -0.15) is 0 Å². The fourth-order valence-electron chi connectivity index (χ4n) is 2.27. The van der Waals surface area contributed by atoms with E-state index in [1.165, 1.54) is 13.2 Å². The van der Waals surface area contributed by atoms with E-state index in [-0.39, 0.29) is 27.0 Å². The molecule has 1 heterocycles. The van der Waals surface area contributed by atoms with Crippen molar-refractivity contribution in [2.45, 2.75) is 0 Å². The second kappa shape index (κ2) is 8.16. The summed E-state index contributed by atoms with van der Waals surface area (Å²) < 4.78 is 11.2. The molecule has 0 saturated carbocycles. The predicted octanol–water partition coefficient (Wildman–Crippen LogP) is 4.65. The van der Waals surface area contributed by atoms with Gasteiger partial charge >= 0.3 is 5.97 Å². The highest BCUT2D eigenvalue weighted by atomic mass is 79.9. The summed E-state index contributed by atoms with van der Waals surface area (Å²) in [5.41, 5.74) is 0.806. The Labute approximate surface area is 172 Å². The Balaban J connectivity index is 1.92. The van der Waals surface area contributed by atoms with Crippen molar-refractivity contribution in [3.8, 4) is 11.5 Å². The number of imide groups is 1. The van der Waals surface area contributed by atoms with Gasteiger partial charge in [-0.1, -0.05) is 23.7 Å². The number of halogens is 2. The molecule has 1 fully saturated rings. The first-order valence-electron chi connectivity index (χ1n) is 7.48. The summed E-state index contributed by atoms with van der Waals surface area (Å²) in [6.45, 7) is 0. The number of thioether (sulfide) groups is 1. The number of ether oxygens (including phenoxy) is 2. The van der Waals surface area contributed by atoms with Gasteiger partial charge in [-0.25, -0.2) is 4.79 Å². The Morgan fingerprint density at radius 1 is 1.26 bits per heavy atom. The first-order valence-corrected chi connectivity index (χ1v) is 9.47. The molecule has 1 saturated heterocycles. The van der Waals surface area contributed by atoms with Crippen LogP contribution in [0.1, 0.15) is 15.9 Å². The van der Waals surface area contributed by atoms with E-state index in [1.54, 1.807) is 36.4 Å². The first-order chi connectivity index (χ1) is 12.9. The molecule has 1 aliphatic heterocycles. The lowest BCUT2D eigenvalue weighted by Gasteiger charge is -2.13. The SMILES string of the molecule is COc1cc(/C=C2\SC(=O)NC2=O)cc(Br)c1OC(=O)c1ccccc1Cl. The Morgan fingerprint density at radius 2 is 2.00 bits per heavy atom. The maximum atomic E-state index is 12.4. The predicted molar refractivity (Wildman–Crippen MR) is 106 cm³/mol. The van der Waals surface area contributed by atoms with Gasteiger partial charge in [0.05, 0.1) is 27.1 Å². The van der Waals surface area contributed by atoms with Crippen molar-refractivity contribution >= 4 is 62.5 Å². The summed E-state index contributed by atoms with van der Waals surface area (Å²) in [7, 11) is 1.42. The highest BCUT2D eigenvalue weighted by molar-refractivity contribution is 9.10. The second-order valence-electron chi connectivity index (χ2n) is 5.26. The van der Waals surface area contributed by atoms with Gasteiger partial charge in [-0.3, -0.25) is 14.9 Å². The van der Waals surface area contributed by atoms with Crippen LogP contribution in [0.3, 0.4) is 0 Å². The lowest BCUT2D eigenvalue weighted by molar-refractivity contribution is -0.115. The number of hydrogen-bond donors (Lipinski definition) is 1. The van der Waals surface area contributed by atoms with Gasteiger partial charge in [-0.05, 0) is 63.6 Å². The topological polar surface area (TPSA) is 81.7 Å². The van der Waals surface area contributed by atoms with Gasteiger partial charge in [0, 0.05) is 0 Å². The van der Waals surface area contributed by atoms with Gasteiger partial charge in [-0.15, -0.1) is 0 Å². The molecular weight excluding hydrogens is 458 g/mol. The van der Waals surface area contributed by atoms with Crippen LogP contribution in [0.25, 0.3) is 6.08 Å². The lowest BCUT2D eigenvalue weighted by atomic mass is 10.1. The monoisotopic (exact) mass is 467 g/mol. The minimum Gasteiger partial charge on any atom is -0.493 e. The zero-order valence-corrected chi connectivity index (χ0v) is 16.9. The minimum absolute atomic E-state index is 0.171. The van der Waals surface area contributed by atoms with Crippen LogP contribution in [-0.2, 0) is 4.79 Å². The molecule has 6 nitrogen and oxygen atoms in total. The summed E-state index contributed by atoms with van der Waals surface area (Å²) in [5, 5.41) is 2.03. The van der Waals surface area contributed by atoms with Crippen molar-refractivity contribution in [2.24, 2.45) is 0 Å². The third-order valence-corrected chi connectivity index (χ3v) is 5.21. The normalized spacial score (nSPS) is 15.0. The maximum Gasteiger partial charge on any atom is 0.345 e. The van der Waals surface area contributed by atoms with Crippen LogP contribution in [0.5, 0.6) is 11.5 Å². The first kappa shape index (κ1) is 19.5. The number of esters is 1. The molecule has 138 valence electrons. The molecule has 1 N–H and O–H groups in total. The van der Waals surface area contributed by atoms with E-state index >= 15 is 0 Å². The van der Waals surface area contributed by atoms with Crippen molar-refractivity contribution in [1.82, 2.24) is 5.32 Å². The Bertz CT molecular complexity index is 992. The summed E-state index contributed by atoms with van der Waals surface area (Å²) >= 11 is 10.2. The molecule has 0 aliphatic carbocycles. The molecule has 0 unspecified atom stereocenters. The van der Waals surface area contributed by atoms with Crippen molar-refractivity contribution in [1.29, 1.82) is 0 Å². The van der Waals surface area contributed by atoms with Crippen LogP contribution in [-0.4, -0.2) is 24.2 Å². The molecule has 27 heavy (non-hydrogen) atoms. The molecule has 0 radical (unpaired) electrons. The number of hydrogen-bond acceptors (Lipinski definition) is 6. The number of carbonyl (C=O) groups excluding carboxylic acids is 3. The van der Waals surface area contributed by atoms with Gasteiger partial charge in [0.25, 0.3) is 11.1 Å². The van der Waals surface area contributed by atoms with Crippen LogP contribution < -0.4 is 14.8 Å². The van der Waals surface area contributed by atoms with E-state index in [4.69, 9.17) is 21.1 Å². The zero-order valence-electron chi connectivity index (χ0n) is 13.7. The Hall–Kier alpha value is -2.29. The highest BCUT2D eigenvalue weighted by Gasteiger charge is 2.25. The molecular formula is C18H11BrClNO5S. The lowest BCUT2D eigenvalue weighted by Crippen LogP contribution is -2.17. The number of nitrogens with one attached hydrogen (secondary N) is 1. The number of benzene rings is 2. The molecule has 2 amide bonds. The molecule has 1 aliphatic rings. The van der Waals surface area contributed by atoms with Crippen molar-refractivity contribution in [2.75, 3.05) is 7.11 Å². The maximum absolute atomic E-state index is 12.4. The molecule has 0 aromatic heterocycles. The molecule has 0 atom stereocenters. The van der Waals surface area contributed by atoms with Crippen LogP contribution >= 0.6 is 39.3 Å². The van der Waals surface area contributed by atoms with Crippen LogP contribution in [0.4, 0.5) is 4.79 Å². The quantitative estimate of drug-likeness (QED) is 0.399. The molecule has 9 heteroatoms. The number of rotatable bonds is 4. The fraction of sp³-hybridized carbons (Fsp3) is 0.0556. The molecule has 0 bridgehead atoms. The average Bonchev–Trinajstić information content (AvgIpc) is 2.94. The van der Waals surface area contributed by atoms with Crippen LogP contribution in [0.15, 0.2) is 45.8 Å². The number of carbonyl (C=O) groups is 3. The van der Waals surface area contributed by atoms with E-state index in [0.29, 0.717) is 10.0 Å². The third-order valence-electron chi connectivity index (χ3n) is 3.48. The number of amides is 2. The Kier molecular flexibility index (Phi) is 5.88. The smallest absolute Gasteiger partial charge is 0.345 e. The van der Waals surface area contributed by atoms with Gasteiger partial charge in [0.1, 0.15) is 0 Å². The second-order valence-corrected chi connectivity index (χ2v) is 7.53. The molecule has 3 rings (SSSR count). The van der Waals surface area contributed by atoms with Gasteiger partial charge in [0.2, 0.25) is 0 Å². The summed E-state index contributed by atoms with van der Waals surface area (Å²) in [4.78, 5) is 35.6. The summed E-state index contributed by atoms with van der Waals surface area (Å²) in [6, 6.07) is 9.75. The zero-order chi connectivity index (χ0) is 19.6. The summed E-state index contributed by atoms with van der Waals surface area (Å²) in [5.74, 6) is -0.660. The molecule has 0 spiro atoms. The molecule has 2 aromatic rings. The van der Waals surface area contributed by atoms with Crippen LogP contribution in [0.2, 0.25) is 5.02 Å². The van der Waals surface area contributed by atoms with E-state index in [9.17, 15) is 14.4 Å². The standard InChI is InChI=1S/C18H11BrClNO5S/c1-25-13-7-9(8-14-16(22)21-18(24)27-14)6-11(19)15(13)26-17(23)10-4-2-3-5-12(10)20/h2-8H,1H3,(H,21,22,24)/b14-8-. The molecule has 2 aromatic carbocycles. The van der Waals surface area contributed by atoms with Crippen molar-refractivity contribution in [3.63, 3.8) is 0 Å². The third kappa shape index (κ3) is 4.35. The van der Waals surface area contributed by atoms with E-state index in [2.05, 4.69) is 21.2 Å². The minimum atomic E-state index is -0.637. The van der Waals surface area contributed by atoms with Crippen molar-refractivity contribution < 1.29 is 23.9 Å². The highest BCUT2D eigenvalue weighted by Crippen LogP contribution is 2.39. The van der Waals surface area contributed by atoms with E-state index in [1.807, 2.05) is 0 Å². The summed E-state index contributed by atoms with van der Waals surface area (Å²) in [6.07, 6.45) is 1.54. The largest absolute Gasteiger partial charge is 0.493 e. The van der Waals surface area contributed by atoms with Crippen molar-refractivity contribution in [3.05, 3.63) is 61.9 Å². The van der Waals surface area contributed by atoms with Crippen LogP contribution in [0, 0.1) is 0 Å². The average molecular weight is 469 g/mol. The fourth-order valence-corrected chi connectivity index (χ4v) is 3.70. The number of methoxy groups -OCH3 is 1. The Morgan fingerprint density at radius 3 is 2.63 bits per heavy atom. The van der Waals surface area contributed by atoms with E-state index < -0.39 is 17.1 Å².